The molecule has 0 spiro atoms. The van der Waals surface area contributed by atoms with Crippen LogP contribution in [0.1, 0.15) is 56.0 Å². The standard InChI is InChI=1S/C27H32N4O3/c1-18(2)25-29-27(34-30-25)22-11-7-8-19(3)24(22)28-26(33)21-14-16-31(17-15-21)23(32)13-12-20-9-5-4-6-10-20/h4-11,18,21H,12-17H2,1-3H3,(H,28,33). The predicted octanol–water partition coefficient (Wildman–Crippen LogP) is 4.98. The van der Waals surface area contributed by atoms with Crippen molar-refractivity contribution < 1.29 is 14.1 Å². The molecule has 1 aliphatic rings. The third kappa shape index (κ3) is 5.53. The molecule has 0 aliphatic carbocycles. The van der Waals surface area contributed by atoms with Crippen LogP contribution in [-0.2, 0) is 16.0 Å². The predicted molar refractivity (Wildman–Crippen MR) is 131 cm³/mol. The molecule has 1 fully saturated rings. The first-order valence-corrected chi connectivity index (χ1v) is 12.0. The first-order valence-electron chi connectivity index (χ1n) is 12.0. The minimum absolute atomic E-state index is 0.0319. The molecule has 7 nitrogen and oxygen atoms in total. The Morgan fingerprint density at radius 1 is 1.09 bits per heavy atom. The summed E-state index contributed by atoms with van der Waals surface area (Å²) in [4.78, 5) is 32.1. The summed E-state index contributed by atoms with van der Waals surface area (Å²) in [6.45, 7) is 7.17. The summed E-state index contributed by atoms with van der Waals surface area (Å²) >= 11 is 0. The van der Waals surface area contributed by atoms with Gasteiger partial charge in [-0.1, -0.05) is 61.5 Å². The molecular formula is C27H32N4O3. The second-order valence-electron chi connectivity index (χ2n) is 9.24. The molecule has 3 aromatic rings. The van der Waals surface area contributed by atoms with Crippen LogP contribution in [0.3, 0.4) is 0 Å². The van der Waals surface area contributed by atoms with Crippen LogP contribution in [0.4, 0.5) is 5.69 Å². The van der Waals surface area contributed by atoms with E-state index in [2.05, 4.69) is 15.5 Å². The highest BCUT2D eigenvalue weighted by Crippen LogP contribution is 2.31. The largest absolute Gasteiger partial charge is 0.343 e. The zero-order valence-corrected chi connectivity index (χ0v) is 20.1. The van der Waals surface area contributed by atoms with Crippen molar-refractivity contribution in [1.82, 2.24) is 15.0 Å². The fourth-order valence-corrected chi connectivity index (χ4v) is 4.26. The summed E-state index contributed by atoms with van der Waals surface area (Å²) in [5.41, 5.74) is 3.53. The Hall–Kier alpha value is -3.48. The van der Waals surface area contributed by atoms with E-state index in [0.717, 1.165) is 17.5 Å². The molecule has 0 saturated carbocycles. The van der Waals surface area contributed by atoms with E-state index in [0.29, 0.717) is 49.8 Å². The Morgan fingerprint density at radius 2 is 1.82 bits per heavy atom. The van der Waals surface area contributed by atoms with E-state index in [4.69, 9.17) is 4.52 Å². The van der Waals surface area contributed by atoms with Crippen molar-refractivity contribution in [3.63, 3.8) is 0 Å². The van der Waals surface area contributed by atoms with Crippen LogP contribution in [-0.4, -0.2) is 39.9 Å². The topological polar surface area (TPSA) is 88.3 Å². The average Bonchev–Trinajstić information content (AvgIpc) is 3.35. The van der Waals surface area contributed by atoms with Crippen molar-refractivity contribution in [3.05, 3.63) is 65.5 Å². The summed E-state index contributed by atoms with van der Waals surface area (Å²) in [5, 5.41) is 7.16. The molecule has 1 N–H and O–H groups in total. The van der Waals surface area contributed by atoms with E-state index in [9.17, 15) is 9.59 Å². The number of piperidine rings is 1. The van der Waals surface area contributed by atoms with Gasteiger partial charge in [0.2, 0.25) is 11.8 Å². The van der Waals surface area contributed by atoms with Gasteiger partial charge in [0, 0.05) is 31.3 Å². The fourth-order valence-electron chi connectivity index (χ4n) is 4.26. The number of para-hydroxylation sites is 1. The van der Waals surface area contributed by atoms with E-state index in [1.807, 2.05) is 74.2 Å². The van der Waals surface area contributed by atoms with Crippen LogP contribution in [0.5, 0.6) is 0 Å². The Kier molecular flexibility index (Phi) is 7.40. The fraction of sp³-hybridized carbons (Fsp3) is 0.407. The summed E-state index contributed by atoms with van der Waals surface area (Å²) in [6.07, 6.45) is 2.55. The Balaban J connectivity index is 1.35. The van der Waals surface area contributed by atoms with Crippen molar-refractivity contribution in [2.45, 2.75) is 52.4 Å². The van der Waals surface area contributed by atoms with E-state index in [1.54, 1.807) is 0 Å². The smallest absolute Gasteiger partial charge is 0.260 e. The van der Waals surface area contributed by atoms with Gasteiger partial charge in [-0.05, 0) is 43.4 Å². The Labute approximate surface area is 200 Å². The van der Waals surface area contributed by atoms with Crippen molar-refractivity contribution in [2.24, 2.45) is 5.92 Å². The summed E-state index contributed by atoms with van der Waals surface area (Å²) in [6, 6.07) is 15.8. The monoisotopic (exact) mass is 460 g/mol. The summed E-state index contributed by atoms with van der Waals surface area (Å²) in [7, 11) is 0. The third-order valence-electron chi connectivity index (χ3n) is 6.40. The van der Waals surface area contributed by atoms with Gasteiger partial charge in [-0.3, -0.25) is 9.59 Å². The van der Waals surface area contributed by atoms with Gasteiger partial charge in [0.05, 0.1) is 11.3 Å². The normalized spacial score (nSPS) is 14.4. The van der Waals surface area contributed by atoms with Crippen molar-refractivity contribution in [2.75, 3.05) is 18.4 Å². The number of carbonyl (C=O) groups is 2. The molecule has 1 aromatic heterocycles. The van der Waals surface area contributed by atoms with Crippen LogP contribution in [0.25, 0.3) is 11.5 Å². The molecule has 34 heavy (non-hydrogen) atoms. The van der Waals surface area contributed by atoms with Gasteiger partial charge in [0.15, 0.2) is 5.82 Å². The molecule has 178 valence electrons. The Morgan fingerprint density at radius 3 is 2.50 bits per heavy atom. The van der Waals surface area contributed by atoms with E-state index >= 15 is 0 Å². The SMILES string of the molecule is Cc1cccc(-c2nc(C(C)C)no2)c1NC(=O)C1CCN(C(=O)CCc2ccccc2)CC1. The van der Waals surface area contributed by atoms with Gasteiger partial charge in [-0.2, -0.15) is 4.98 Å². The molecule has 0 radical (unpaired) electrons. The van der Waals surface area contributed by atoms with E-state index < -0.39 is 0 Å². The maximum absolute atomic E-state index is 13.1. The quantitative estimate of drug-likeness (QED) is 0.537. The van der Waals surface area contributed by atoms with Gasteiger partial charge in [-0.15, -0.1) is 0 Å². The first kappa shape index (κ1) is 23.7. The number of nitrogens with zero attached hydrogens (tertiary/aromatic N) is 3. The lowest BCUT2D eigenvalue weighted by Crippen LogP contribution is -2.41. The highest BCUT2D eigenvalue weighted by atomic mass is 16.5. The Bertz CT molecular complexity index is 1130. The van der Waals surface area contributed by atoms with E-state index in [-0.39, 0.29) is 23.7 Å². The highest BCUT2D eigenvalue weighted by molar-refractivity contribution is 5.97. The molecule has 2 amide bonds. The zero-order valence-electron chi connectivity index (χ0n) is 20.1. The van der Waals surface area contributed by atoms with Crippen molar-refractivity contribution in [1.29, 1.82) is 0 Å². The molecular weight excluding hydrogens is 428 g/mol. The van der Waals surface area contributed by atoms with Crippen LogP contribution in [0.15, 0.2) is 53.1 Å². The zero-order chi connectivity index (χ0) is 24.1. The second-order valence-corrected chi connectivity index (χ2v) is 9.24. The number of carbonyl (C=O) groups excluding carboxylic acids is 2. The number of rotatable bonds is 7. The van der Waals surface area contributed by atoms with E-state index in [1.165, 1.54) is 5.56 Å². The van der Waals surface area contributed by atoms with Gasteiger partial charge >= 0.3 is 0 Å². The number of aryl methyl sites for hydroxylation is 2. The van der Waals surface area contributed by atoms with Crippen molar-refractivity contribution in [3.8, 4) is 11.5 Å². The second kappa shape index (κ2) is 10.6. The van der Waals surface area contributed by atoms with Crippen LogP contribution >= 0.6 is 0 Å². The number of hydrogen-bond donors (Lipinski definition) is 1. The molecule has 2 aromatic carbocycles. The number of anilines is 1. The van der Waals surface area contributed by atoms with Crippen LogP contribution in [0, 0.1) is 12.8 Å². The lowest BCUT2D eigenvalue weighted by atomic mass is 9.95. The molecule has 1 saturated heterocycles. The molecule has 0 bridgehead atoms. The van der Waals surface area contributed by atoms with Gasteiger partial charge < -0.3 is 14.7 Å². The lowest BCUT2D eigenvalue weighted by Gasteiger charge is -2.31. The molecule has 0 atom stereocenters. The van der Waals surface area contributed by atoms with Gasteiger partial charge in [-0.25, -0.2) is 0 Å². The number of amides is 2. The number of nitrogens with one attached hydrogen (secondary N) is 1. The molecule has 7 heteroatoms. The lowest BCUT2D eigenvalue weighted by molar-refractivity contribution is -0.134. The average molecular weight is 461 g/mol. The molecule has 1 aliphatic heterocycles. The first-order chi connectivity index (χ1) is 16.4. The number of aromatic nitrogens is 2. The minimum atomic E-state index is -0.139. The summed E-state index contributed by atoms with van der Waals surface area (Å²) < 4.78 is 5.47. The molecule has 2 heterocycles. The third-order valence-corrected chi connectivity index (χ3v) is 6.40. The van der Waals surface area contributed by atoms with Crippen molar-refractivity contribution >= 4 is 17.5 Å². The number of benzene rings is 2. The maximum atomic E-state index is 13.1. The van der Waals surface area contributed by atoms with Gasteiger partial charge in [0.25, 0.3) is 5.89 Å². The van der Waals surface area contributed by atoms with Crippen LogP contribution < -0.4 is 5.32 Å². The summed E-state index contributed by atoms with van der Waals surface area (Å²) in [5.74, 6) is 1.18. The van der Waals surface area contributed by atoms with Crippen LogP contribution in [0.2, 0.25) is 0 Å². The van der Waals surface area contributed by atoms with Gasteiger partial charge in [0.1, 0.15) is 0 Å². The minimum Gasteiger partial charge on any atom is -0.343 e. The maximum Gasteiger partial charge on any atom is 0.260 e. The molecule has 0 unspecified atom stereocenters. The number of likely N-dealkylation sites (tertiary alicyclic amines) is 1. The number of hydrogen-bond acceptors (Lipinski definition) is 5. The highest BCUT2D eigenvalue weighted by Gasteiger charge is 2.28. The molecule has 4 rings (SSSR count).